The summed E-state index contributed by atoms with van der Waals surface area (Å²) in [7, 11) is 0. The highest BCUT2D eigenvalue weighted by Crippen LogP contribution is 2.32. The summed E-state index contributed by atoms with van der Waals surface area (Å²) >= 11 is 3.29. The van der Waals surface area contributed by atoms with Crippen molar-refractivity contribution >= 4 is 67.4 Å². The van der Waals surface area contributed by atoms with Gasteiger partial charge in [0.2, 0.25) is 5.95 Å². The van der Waals surface area contributed by atoms with Crippen molar-refractivity contribution in [3.8, 4) is 0 Å². The third-order valence-corrected chi connectivity index (χ3v) is 6.88. The average Bonchev–Trinajstić information content (AvgIpc) is 3.50. The van der Waals surface area contributed by atoms with Crippen molar-refractivity contribution in [2.24, 2.45) is 0 Å². The van der Waals surface area contributed by atoms with E-state index in [2.05, 4.69) is 42.9 Å². The molecule has 9 heteroatoms. The van der Waals surface area contributed by atoms with Gasteiger partial charge in [0, 0.05) is 38.9 Å². The van der Waals surface area contributed by atoms with Gasteiger partial charge in [-0.15, -0.1) is 11.3 Å². The van der Waals surface area contributed by atoms with E-state index in [1.54, 1.807) is 29.3 Å². The van der Waals surface area contributed by atoms with Crippen molar-refractivity contribution in [1.82, 2.24) is 25.1 Å². The summed E-state index contributed by atoms with van der Waals surface area (Å²) in [5.41, 5.74) is 3.76. The van der Waals surface area contributed by atoms with E-state index in [-0.39, 0.29) is 0 Å². The highest BCUT2D eigenvalue weighted by atomic mass is 32.2. The van der Waals surface area contributed by atoms with Crippen LogP contribution in [0, 0.1) is 0 Å². The van der Waals surface area contributed by atoms with Crippen LogP contribution in [0.3, 0.4) is 0 Å². The molecule has 0 bridgehead atoms. The standard InChI is InChI=1S/C24H17N7S2/c1-2-19(14-25-10-1)33-18-6-3-16(4-7-18)28-24-29-21-9-11-32-22(21)23(30-24)27-17-5-8-20-15(12-17)13-26-31-20/h1-14H,(H,26,31)(H2,27,28,29,30). The van der Waals surface area contributed by atoms with Crippen LogP contribution < -0.4 is 10.6 Å². The van der Waals surface area contributed by atoms with Crippen molar-refractivity contribution in [2.75, 3.05) is 10.6 Å². The summed E-state index contributed by atoms with van der Waals surface area (Å²) in [6.07, 6.45) is 5.45. The monoisotopic (exact) mass is 467 g/mol. The summed E-state index contributed by atoms with van der Waals surface area (Å²) in [5.74, 6) is 1.31. The Kier molecular flexibility index (Phi) is 5.10. The molecule has 0 atom stereocenters. The summed E-state index contributed by atoms with van der Waals surface area (Å²) < 4.78 is 1.01. The number of hydrogen-bond acceptors (Lipinski definition) is 8. The third kappa shape index (κ3) is 4.23. The van der Waals surface area contributed by atoms with Gasteiger partial charge < -0.3 is 10.6 Å². The SMILES string of the molecule is c1cncc(Sc2ccc(Nc3nc(Nc4ccc5[nH]ncc5c4)c4sccc4n3)cc2)c1. The largest absolute Gasteiger partial charge is 0.339 e. The predicted molar refractivity (Wildman–Crippen MR) is 135 cm³/mol. The van der Waals surface area contributed by atoms with Crippen molar-refractivity contribution in [2.45, 2.75) is 9.79 Å². The smallest absolute Gasteiger partial charge is 0.229 e. The highest BCUT2D eigenvalue weighted by molar-refractivity contribution is 7.99. The van der Waals surface area contributed by atoms with Gasteiger partial charge in [0.05, 0.1) is 21.9 Å². The fraction of sp³-hybridized carbons (Fsp3) is 0. The minimum Gasteiger partial charge on any atom is -0.339 e. The lowest BCUT2D eigenvalue weighted by Crippen LogP contribution is -2.01. The molecule has 0 spiro atoms. The number of nitrogens with one attached hydrogen (secondary N) is 3. The Labute approximate surface area is 197 Å². The van der Waals surface area contributed by atoms with E-state index in [1.807, 2.05) is 66.3 Å². The minimum absolute atomic E-state index is 0.542. The normalized spacial score (nSPS) is 11.2. The number of hydrogen-bond donors (Lipinski definition) is 3. The molecule has 3 N–H and O–H groups in total. The topological polar surface area (TPSA) is 91.4 Å². The summed E-state index contributed by atoms with van der Waals surface area (Å²) in [6, 6.07) is 20.2. The summed E-state index contributed by atoms with van der Waals surface area (Å²) in [5, 5.41) is 16.9. The Balaban J connectivity index is 1.25. The third-order valence-electron chi connectivity index (χ3n) is 4.99. The van der Waals surface area contributed by atoms with Crippen molar-refractivity contribution in [3.05, 3.63) is 84.6 Å². The van der Waals surface area contributed by atoms with Gasteiger partial charge in [-0.3, -0.25) is 10.1 Å². The number of benzene rings is 2. The van der Waals surface area contributed by atoms with Gasteiger partial charge in [-0.1, -0.05) is 11.8 Å². The molecule has 0 saturated carbocycles. The van der Waals surface area contributed by atoms with E-state index < -0.39 is 0 Å². The van der Waals surface area contributed by atoms with Gasteiger partial charge >= 0.3 is 0 Å². The van der Waals surface area contributed by atoms with E-state index in [9.17, 15) is 0 Å². The zero-order chi connectivity index (χ0) is 22.0. The Hall–Kier alpha value is -3.95. The Morgan fingerprint density at radius 1 is 0.848 bits per heavy atom. The van der Waals surface area contributed by atoms with Gasteiger partial charge in [-0.25, -0.2) is 4.98 Å². The number of nitrogens with zero attached hydrogens (tertiary/aromatic N) is 4. The molecular weight excluding hydrogens is 450 g/mol. The van der Waals surface area contributed by atoms with Gasteiger partial charge in [-0.2, -0.15) is 10.1 Å². The molecule has 6 aromatic rings. The van der Waals surface area contributed by atoms with Crippen LogP contribution in [0.15, 0.2) is 94.4 Å². The molecule has 0 saturated heterocycles. The first-order valence-electron chi connectivity index (χ1n) is 10.2. The second-order valence-corrected chi connectivity index (χ2v) is 9.33. The molecule has 0 radical (unpaired) electrons. The van der Waals surface area contributed by atoms with E-state index in [1.165, 1.54) is 0 Å². The first-order chi connectivity index (χ1) is 16.3. The van der Waals surface area contributed by atoms with Crippen LogP contribution in [0.5, 0.6) is 0 Å². The van der Waals surface area contributed by atoms with Gasteiger partial charge in [0.15, 0.2) is 5.82 Å². The number of H-pyrrole nitrogens is 1. The van der Waals surface area contributed by atoms with Crippen molar-refractivity contribution < 1.29 is 0 Å². The molecule has 0 fully saturated rings. The lowest BCUT2D eigenvalue weighted by Gasteiger charge is -2.11. The van der Waals surface area contributed by atoms with Crippen molar-refractivity contribution in [1.29, 1.82) is 0 Å². The lowest BCUT2D eigenvalue weighted by molar-refractivity contribution is 1.12. The van der Waals surface area contributed by atoms with Gasteiger partial charge in [0.1, 0.15) is 0 Å². The summed E-state index contributed by atoms with van der Waals surface area (Å²) in [4.78, 5) is 15.9. The van der Waals surface area contributed by atoms with Crippen LogP contribution in [-0.2, 0) is 0 Å². The fourth-order valence-corrected chi connectivity index (χ4v) is 5.02. The van der Waals surface area contributed by atoms with Crippen LogP contribution in [-0.4, -0.2) is 25.1 Å². The number of aromatic nitrogens is 5. The number of thiophene rings is 1. The molecule has 0 unspecified atom stereocenters. The second kappa shape index (κ2) is 8.53. The maximum atomic E-state index is 4.76. The first-order valence-corrected chi connectivity index (χ1v) is 11.9. The summed E-state index contributed by atoms with van der Waals surface area (Å²) in [6.45, 7) is 0. The van der Waals surface area contributed by atoms with Crippen LogP contribution in [0.2, 0.25) is 0 Å². The Morgan fingerprint density at radius 2 is 1.76 bits per heavy atom. The van der Waals surface area contributed by atoms with Crippen LogP contribution in [0.1, 0.15) is 0 Å². The highest BCUT2D eigenvalue weighted by Gasteiger charge is 2.11. The number of fused-ring (bicyclic) bond motifs is 2. The van der Waals surface area contributed by atoms with E-state index in [4.69, 9.17) is 4.98 Å². The van der Waals surface area contributed by atoms with E-state index in [0.717, 1.165) is 48.1 Å². The van der Waals surface area contributed by atoms with E-state index in [0.29, 0.717) is 5.95 Å². The molecule has 160 valence electrons. The van der Waals surface area contributed by atoms with E-state index >= 15 is 0 Å². The molecule has 0 amide bonds. The molecule has 33 heavy (non-hydrogen) atoms. The average molecular weight is 468 g/mol. The van der Waals surface area contributed by atoms with Gasteiger partial charge in [-0.05, 0) is 66.0 Å². The predicted octanol–water partition coefficient (Wildman–Crippen LogP) is 6.60. The molecule has 0 aliphatic carbocycles. The van der Waals surface area contributed by atoms with Crippen LogP contribution in [0.25, 0.3) is 21.1 Å². The van der Waals surface area contributed by atoms with Crippen LogP contribution >= 0.6 is 23.1 Å². The molecule has 7 nitrogen and oxygen atoms in total. The minimum atomic E-state index is 0.542. The lowest BCUT2D eigenvalue weighted by atomic mass is 10.2. The quantitative estimate of drug-likeness (QED) is 0.254. The molecule has 4 aromatic heterocycles. The molecule has 4 heterocycles. The molecule has 0 aliphatic heterocycles. The number of anilines is 4. The molecule has 2 aromatic carbocycles. The first kappa shape index (κ1) is 19.7. The van der Waals surface area contributed by atoms with Gasteiger partial charge in [0.25, 0.3) is 0 Å². The number of pyridine rings is 1. The van der Waals surface area contributed by atoms with Crippen molar-refractivity contribution in [3.63, 3.8) is 0 Å². The number of rotatable bonds is 6. The Bertz CT molecular complexity index is 1540. The molecule has 6 rings (SSSR count). The fourth-order valence-electron chi connectivity index (χ4n) is 3.44. The molecular formula is C24H17N7S2. The maximum absolute atomic E-state index is 4.76. The van der Waals surface area contributed by atoms with Crippen LogP contribution in [0.4, 0.5) is 23.1 Å². The number of aromatic amines is 1. The zero-order valence-corrected chi connectivity index (χ0v) is 18.8. The molecule has 0 aliphatic rings. The second-order valence-electron chi connectivity index (χ2n) is 7.27. The Morgan fingerprint density at radius 3 is 2.64 bits per heavy atom. The maximum Gasteiger partial charge on any atom is 0.229 e. The zero-order valence-electron chi connectivity index (χ0n) is 17.2.